The molecule has 1 fully saturated rings. The second-order valence-electron chi connectivity index (χ2n) is 9.21. The first-order chi connectivity index (χ1) is 18.9. The maximum absolute atomic E-state index is 15.8. The zero-order valence-corrected chi connectivity index (χ0v) is 20.2. The SMILES string of the molecule is O=C(c1cn2c3c(c(-n4cnc([N+](=O)[O-])c4)c(F)cc3c1=O)Oc1ccc3ccccc3c1-2)N1CCOCC1. The van der Waals surface area contributed by atoms with Crippen LogP contribution in [0.4, 0.5) is 10.2 Å². The average molecular weight is 527 g/mol. The number of ether oxygens (including phenoxy) is 2. The van der Waals surface area contributed by atoms with Gasteiger partial charge in [-0.3, -0.25) is 14.2 Å². The van der Waals surface area contributed by atoms with E-state index in [9.17, 15) is 19.7 Å². The first kappa shape index (κ1) is 23.0. The van der Waals surface area contributed by atoms with E-state index >= 15 is 4.39 Å². The third-order valence-electron chi connectivity index (χ3n) is 7.03. The van der Waals surface area contributed by atoms with E-state index in [2.05, 4.69) is 4.98 Å². The second-order valence-corrected chi connectivity index (χ2v) is 9.21. The number of rotatable bonds is 3. The Morgan fingerprint density at radius 2 is 1.85 bits per heavy atom. The maximum Gasteiger partial charge on any atom is 0.381 e. The highest BCUT2D eigenvalue weighted by Crippen LogP contribution is 2.46. The zero-order chi connectivity index (χ0) is 26.8. The largest absolute Gasteiger partial charge is 0.451 e. The number of carbonyl (C=O) groups excluding carboxylic acids is 1. The number of benzene rings is 3. The Labute approximate surface area is 218 Å². The molecule has 2 aliphatic rings. The number of halogens is 1. The van der Waals surface area contributed by atoms with E-state index in [0.29, 0.717) is 37.7 Å². The summed E-state index contributed by atoms with van der Waals surface area (Å²) in [5, 5.41) is 12.9. The quantitative estimate of drug-likeness (QED) is 0.252. The third-order valence-corrected chi connectivity index (χ3v) is 7.03. The van der Waals surface area contributed by atoms with Crippen molar-refractivity contribution >= 4 is 33.4 Å². The van der Waals surface area contributed by atoms with Gasteiger partial charge in [-0.15, -0.1) is 0 Å². The number of nitrogens with zero attached hydrogens (tertiary/aromatic N) is 5. The van der Waals surface area contributed by atoms with Gasteiger partial charge in [0.05, 0.1) is 24.3 Å². The summed E-state index contributed by atoms with van der Waals surface area (Å²) in [4.78, 5) is 43.0. The lowest BCUT2D eigenvalue weighted by atomic mass is 10.0. The fraction of sp³-hybridized carbons (Fsp3) is 0.148. The predicted octanol–water partition coefficient (Wildman–Crippen LogP) is 3.96. The van der Waals surface area contributed by atoms with E-state index in [1.54, 1.807) is 15.5 Å². The number of morpholine rings is 1. The summed E-state index contributed by atoms with van der Waals surface area (Å²) in [6.45, 7) is 1.37. The number of fused-ring (bicyclic) bond motifs is 4. The molecule has 0 bridgehead atoms. The molecule has 0 unspecified atom stereocenters. The minimum Gasteiger partial charge on any atom is -0.451 e. The molecule has 1 amide bonds. The van der Waals surface area contributed by atoms with Crippen molar-refractivity contribution in [1.82, 2.24) is 19.0 Å². The topological polar surface area (TPSA) is 122 Å². The molecule has 11 nitrogen and oxygen atoms in total. The summed E-state index contributed by atoms with van der Waals surface area (Å²) < 4.78 is 30.2. The van der Waals surface area contributed by atoms with Crippen molar-refractivity contribution in [2.75, 3.05) is 26.3 Å². The van der Waals surface area contributed by atoms with Crippen molar-refractivity contribution in [2.45, 2.75) is 0 Å². The van der Waals surface area contributed by atoms with Gasteiger partial charge in [0.25, 0.3) is 5.91 Å². The molecule has 7 rings (SSSR count). The van der Waals surface area contributed by atoms with Crippen LogP contribution in [-0.2, 0) is 4.74 Å². The minimum absolute atomic E-state index is 0.0254. The van der Waals surface area contributed by atoms with Gasteiger partial charge in [-0.05, 0) is 27.4 Å². The van der Waals surface area contributed by atoms with E-state index < -0.39 is 27.9 Å². The lowest BCUT2D eigenvalue weighted by Crippen LogP contribution is -2.42. The lowest BCUT2D eigenvalue weighted by molar-refractivity contribution is -0.389. The summed E-state index contributed by atoms with van der Waals surface area (Å²) in [5.74, 6) is -1.49. The van der Waals surface area contributed by atoms with Crippen LogP contribution >= 0.6 is 0 Å². The monoisotopic (exact) mass is 527 g/mol. The molecule has 5 aromatic rings. The fourth-order valence-electron chi connectivity index (χ4n) is 5.22. The van der Waals surface area contributed by atoms with Gasteiger partial charge < -0.3 is 29.1 Å². The zero-order valence-electron chi connectivity index (χ0n) is 20.2. The van der Waals surface area contributed by atoms with Crippen LogP contribution in [0, 0.1) is 15.9 Å². The predicted molar refractivity (Wildman–Crippen MR) is 138 cm³/mol. The molecule has 0 atom stereocenters. The van der Waals surface area contributed by atoms with Gasteiger partial charge in [0.2, 0.25) is 11.8 Å². The first-order valence-corrected chi connectivity index (χ1v) is 12.1. The molecule has 0 saturated carbocycles. The molecular weight excluding hydrogens is 509 g/mol. The number of hydrogen-bond donors (Lipinski definition) is 0. The Bertz CT molecular complexity index is 1920. The van der Waals surface area contributed by atoms with Gasteiger partial charge >= 0.3 is 5.82 Å². The highest BCUT2D eigenvalue weighted by atomic mass is 19.1. The van der Waals surface area contributed by atoms with Crippen molar-refractivity contribution in [3.63, 3.8) is 0 Å². The molecule has 12 heteroatoms. The number of hydrogen-bond acceptors (Lipinski definition) is 7. The Morgan fingerprint density at radius 3 is 2.62 bits per heavy atom. The van der Waals surface area contributed by atoms with Gasteiger partial charge in [0.15, 0.2) is 17.3 Å². The lowest BCUT2D eigenvalue weighted by Gasteiger charge is -2.29. The van der Waals surface area contributed by atoms with Crippen molar-refractivity contribution in [3.8, 4) is 22.9 Å². The molecule has 0 N–H and O–H groups in total. The van der Waals surface area contributed by atoms with Crippen LogP contribution in [0.1, 0.15) is 10.4 Å². The maximum atomic E-state index is 15.8. The molecule has 0 radical (unpaired) electrons. The van der Waals surface area contributed by atoms with Crippen LogP contribution < -0.4 is 10.2 Å². The number of amides is 1. The third kappa shape index (κ3) is 3.42. The first-order valence-electron chi connectivity index (χ1n) is 12.1. The Kier molecular flexibility index (Phi) is 5.00. The molecule has 2 aliphatic heterocycles. The molecule has 194 valence electrons. The van der Waals surface area contributed by atoms with Crippen LogP contribution in [0.2, 0.25) is 0 Å². The van der Waals surface area contributed by atoms with Crippen LogP contribution in [-0.4, -0.2) is 56.2 Å². The summed E-state index contributed by atoms with van der Waals surface area (Å²) in [6, 6.07) is 12.2. The summed E-state index contributed by atoms with van der Waals surface area (Å²) in [5.41, 5.74) is -0.0943. The van der Waals surface area contributed by atoms with E-state index in [0.717, 1.165) is 33.9 Å². The number of aromatic nitrogens is 3. The van der Waals surface area contributed by atoms with E-state index in [1.807, 2.05) is 30.3 Å². The van der Waals surface area contributed by atoms with Gasteiger partial charge in [-0.25, -0.2) is 4.39 Å². The number of carbonyl (C=O) groups is 1. The highest BCUT2D eigenvalue weighted by molar-refractivity contribution is 6.03. The average Bonchev–Trinajstić information content (AvgIpc) is 3.44. The molecule has 2 aromatic heterocycles. The standard InChI is InChI=1S/C27H18FN5O6/c28-19-11-17-23-26(24(19)31-13-21(29-14-31)33(36)37)39-20-6-5-15-3-1-2-4-16(15)22(20)32(23)12-18(25(17)34)27(35)30-7-9-38-10-8-30/h1-6,11-14H,7-10H2. The van der Waals surface area contributed by atoms with Gasteiger partial charge in [-0.2, -0.15) is 0 Å². The van der Waals surface area contributed by atoms with Crippen molar-refractivity contribution in [1.29, 1.82) is 0 Å². The van der Waals surface area contributed by atoms with Crippen molar-refractivity contribution in [2.24, 2.45) is 0 Å². The second kappa shape index (κ2) is 8.46. The molecule has 0 aliphatic carbocycles. The normalized spacial score (nSPS) is 14.3. The Hall–Kier alpha value is -5.10. The van der Waals surface area contributed by atoms with Crippen molar-refractivity contribution < 1.29 is 23.6 Å². The Balaban J connectivity index is 1.57. The van der Waals surface area contributed by atoms with Crippen LogP contribution in [0.25, 0.3) is 33.1 Å². The highest BCUT2D eigenvalue weighted by Gasteiger charge is 2.32. The van der Waals surface area contributed by atoms with Crippen LogP contribution in [0.3, 0.4) is 0 Å². The van der Waals surface area contributed by atoms with E-state index in [-0.39, 0.29) is 27.9 Å². The molecule has 0 spiro atoms. The molecular formula is C27H18FN5O6. The molecule has 3 aromatic carbocycles. The van der Waals surface area contributed by atoms with Crippen LogP contribution in [0.15, 0.2) is 66.0 Å². The van der Waals surface area contributed by atoms with E-state index in [4.69, 9.17) is 9.47 Å². The van der Waals surface area contributed by atoms with Crippen molar-refractivity contribution in [3.05, 3.63) is 92.9 Å². The summed E-state index contributed by atoms with van der Waals surface area (Å²) in [6.07, 6.45) is 3.65. The number of nitro groups is 1. The Morgan fingerprint density at radius 1 is 1.05 bits per heavy atom. The fourth-order valence-corrected chi connectivity index (χ4v) is 5.22. The van der Waals surface area contributed by atoms with Gasteiger partial charge in [0.1, 0.15) is 23.0 Å². The van der Waals surface area contributed by atoms with Crippen LogP contribution in [0.5, 0.6) is 11.5 Å². The minimum atomic E-state index is -0.867. The molecule has 1 saturated heterocycles. The number of imidazole rings is 1. The molecule has 4 heterocycles. The summed E-state index contributed by atoms with van der Waals surface area (Å²) in [7, 11) is 0. The summed E-state index contributed by atoms with van der Waals surface area (Å²) >= 11 is 0. The van der Waals surface area contributed by atoms with E-state index in [1.165, 1.54) is 6.20 Å². The van der Waals surface area contributed by atoms with Gasteiger partial charge in [0, 0.05) is 24.7 Å². The number of pyridine rings is 1. The molecule has 39 heavy (non-hydrogen) atoms. The van der Waals surface area contributed by atoms with Gasteiger partial charge in [-0.1, -0.05) is 30.3 Å². The smallest absolute Gasteiger partial charge is 0.381 e.